The minimum absolute atomic E-state index is 0.105. The van der Waals surface area contributed by atoms with Gasteiger partial charge in [-0.15, -0.1) is 0 Å². The van der Waals surface area contributed by atoms with Gasteiger partial charge in [0.25, 0.3) is 0 Å². The molecule has 1 aromatic carbocycles. The van der Waals surface area contributed by atoms with Crippen LogP contribution in [0.1, 0.15) is 25.0 Å². The largest absolute Gasteiger partial charge is 0.377 e. The minimum Gasteiger partial charge on any atom is -0.377 e. The van der Waals surface area contributed by atoms with Crippen molar-refractivity contribution >= 4 is 11.6 Å². The van der Waals surface area contributed by atoms with E-state index in [4.69, 9.17) is 16.3 Å². The highest BCUT2D eigenvalue weighted by atomic mass is 35.5. The van der Waals surface area contributed by atoms with Crippen LogP contribution in [-0.2, 0) is 17.6 Å². The summed E-state index contributed by atoms with van der Waals surface area (Å²) in [6.07, 6.45) is 2.15. The molecule has 0 aliphatic heterocycles. The molecule has 1 aliphatic carbocycles. The van der Waals surface area contributed by atoms with Crippen molar-refractivity contribution in [3.8, 4) is 0 Å². The standard InChI is InChI=1S/C14H20ClNO/c1-14(2,17-3)9-16-13-7-10-4-5-12(15)6-11(10)8-13/h4-6,13,16H,7-9H2,1-3H3. The second kappa shape index (κ2) is 4.97. The topological polar surface area (TPSA) is 21.3 Å². The van der Waals surface area contributed by atoms with Gasteiger partial charge in [-0.1, -0.05) is 17.7 Å². The predicted molar refractivity (Wildman–Crippen MR) is 71.7 cm³/mol. The Balaban J connectivity index is 1.92. The molecule has 0 aromatic heterocycles. The Morgan fingerprint density at radius 1 is 1.35 bits per heavy atom. The summed E-state index contributed by atoms with van der Waals surface area (Å²) < 4.78 is 5.41. The van der Waals surface area contributed by atoms with Crippen LogP contribution in [0.4, 0.5) is 0 Å². The first-order valence-corrected chi connectivity index (χ1v) is 6.44. The highest BCUT2D eigenvalue weighted by Crippen LogP contribution is 2.25. The van der Waals surface area contributed by atoms with E-state index in [0.29, 0.717) is 6.04 Å². The van der Waals surface area contributed by atoms with Crippen molar-refractivity contribution in [2.24, 2.45) is 0 Å². The van der Waals surface area contributed by atoms with Crippen LogP contribution in [0.5, 0.6) is 0 Å². The molecule has 0 heterocycles. The Labute approximate surface area is 108 Å². The van der Waals surface area contributed by atoms with Crippen LogP contribution >= 0.6 is 11.6 Å². The average molecular weight is 254 g/mol. The zero-order valence-electron chi connectivity index (χ0n) is 10.7. The fourth-order valence-corrected chi connectivity index (χ4v) is 2.39. The van der Waals surface area contributed by atoms with E-state index in [-0.39, 0.29) is 5.60 Å². The van der Waals surface area contributed by atoms with Gasteiger partial charge >= 0.3 is 0 Å². The molecule has 0 fully saturated rings. The van der Waals surface area contributed by atoms with Gasteiger partial charge in [-0.3, -0.25) is 0 Å². The van der Waals surface area contributed by atoms with Crippen molar-refractivity contribution in [1.82, 2.24) is 5.32 Å². The van der Waals surface area contributed by atoms with Crippen molar-refractivity contribution in [2.45, 2.75) is 38.3 Å². The fraction of sp³-hybridized carbons (Fsp3) is 0.571. The van der Waals surface area contributed by atoms with Gasteiger partial charge in [-0.05, 0) is 49.9 Å². The van der Waals surface area contributed by atoms with Crippen LogP contribution in [0, 0.1) is 0 Å². The Kier molecular flexibility index (Phi) is 3.76. The average Bonchev–Trinajstić information content (AvgIpc) is 2.68. The number of hydrogen-bond acceptors (Lipinski definition) is 2. The van der Waals surface area contributed by atoms with Gasteiger partial charge in [0.1, 0.15) is 0 Å². The van der Waals surface area contributed by atoms with E-state index in [9.17, 15) is 0 Å². The number of hydrogen-bond donors (Lipinski definition) is 1. The number of rotatable bonds is 4. The van der Waals surface area contributed by atoms with Gasteiger partial charge in [0.15, 0.2) is 0 Å². The van der Waals surface area contributed by atoms with Gasteiger partial charge in [-0.2, -0.15) is 0 Å². The highest BCUT2D eigenvalue weighted by Gasteiger charge is 2.24. The monoisotopic (exact) mass is 253 g/mol. The summed E-state index contributed by atoms with van der Waals surface area (Å²) in [4.78, 5) is 0. The first-order chi connectivity index (χ1) is 8.00. The number of halogens is 1. The number of ether oxygens (including phenoxy) is 1. The molecule has 0 bridgehead atoms. The highest BCUT2D eigenvalue weighted by molar-refractivity contribution is 6.30. The van der Waals surface area contributed by atoms with E-state index >= 15 is 0 Å². The predicted octanol–water partition coefficient (Wildman–Crippen LogP) is 2.82. The molecule has 2 rings (SSSR count). The molecule has 94 valence electrons. The number of nitrogens with one attached hydrogen (secondary N) is 1. The van der Waals surface area contributed by atoms with Gasteiger partial charge < -0.3 is 10.1 Å². The Morgan fingerprint density at radius 2 is 2.06 bits per heavy atom. The molecule has 2 nitrogen and oxygen atoms in total. The second-order valence-electron chi connectivity index (χ2n) is 5.36. The third-order valence-corrected chi connectivity index (χ3v) is 3.71. The molecule has 1 unspecified atom stereocenters. The molecule has 1 N–H and O–H groups in total. The molecule has 1 aliphatic rings. The van der Waals surface area contributed by atoms with Crippen molar-refractivity contribution in [1.29, 1.82) is 0 Å². The zero-order valence-corrected chi connectivity index (χ0v) is 11.5. The molecular weight excluding hydrogens is 234 g/mol. The van der Waals surface area contributed by atoms with E-state index in [1.54, 1.807) is 7.11 Å². The second-order valence-corrected chi connectivity index (χ2v) is 5.80. The molecular formula is C14H20ClNO. The SMILES string of the molecule is COC(C)(C)CNC1Cc2ccc(Cl)cc2C1. The van der Waals surface area contributed by atoms with E-state index in [0.717, 1.165) is 24.4 Å². The summed E-state index contributed by atoms with van der Waals surface area (Å²) in [7, 11) is 1.75. The van der Waals surface area contributed by atoms with Crippen LogP contribution in [0.3, 0.4) is 0 Å². The van der Waals surface area contributed by atoms with Crippen LogP contribution < -0.4 is 5.32 Å². The van der Waals surface area contributed by atoms with Crippen molar-refractivity contribution in [3.05, 3.63) is 34.3 Å². The molecule has 17 heavy (non-hydrogen) atoms. The van der Waals surface area contributed by atoms with Gasteiger partial charge in [0.2, 0.25) is 0 Å². The quantitative estimate of drug-likeness (QED) is 0.891. The fourth-order valence-electron chi connectivity index (χ4n) is 2.19. The van der Waals surface area contributed by atoms with Crippen LogP contribution in [0.15, 0.2) is 18.2 Å². The maximum Gasteiger partial charge on any atom is 0.0746 e. The maximum absolute atomic E-state index is 6.00. The molecule has 0 spiro atoms. The summed E-state index contributed by atoms with van der Waals surface area (Å²) in [5.74, 6) is 0. The molecule has 1 atom stereocenters. The summed E-state index contributed by atoms with van der Waals surface area (Å²) in [6, 6.07) is 6.71. The molecule has 0 radical (unpaired) electrons. The van der Waals surface area contributed by atoms with Crippen molar-refractivity contribution in [3.63, 3.8) is 0 Å². The Hall–Kier alpha value is -0.570. The Bertz CT molecular complexity index is 403. The normalized spacial score (nSPS) is 19.4. The lowest BCUT2D eigenvalue weighted by molar-refractivity contribution is 0.0213. The summed E-state index contributed by atoms with van der Waals surface area (Å²) in [6.45, 7) is 5.06. The molecule has 0 saturated carbocycles. The smallest absolute Gasteiger partial charge is 0.0746 e. The van der Waals surface area contributed by atoms with E-state index in [1.807, 2.05) is 6.07 Å². The molecule has 3 heteroatoms. The first kappa shape index (κ1) is 12.9. The van der Waals surface area contributed by atoms with Gasteiger partial charge in [0.05, 0.1) is 5.60 Å². The molecule has 0 saturated heterocycles. The van der Waals surface area contributed by atoms with E-state index < -0.39 is 0 Å². The lowest BCUT2D eigenvalue weighted by atomic mass is 10.1. The van der Waals surface area contributed by atoms with Crippen LogP contribution in [-0.4, -0.2) is 25.3 Å². The van der Waals surface area contributed by atoms with E-state index in [2.05, 4.69) is 31.3 Å². The van der Waals surface area contributed by atoms with Gasteiger partial charge in [0, 0.05) is 24.7 Å². The number of methoxy groups -OCH3 is 1. The lowest BCUT2D eigenvalue weighted by Crippen LogP contribution is -2.42. The number of fused-ring (bicyclic) bond motifs is 1. The van der Waals surface area contributed by atoms with Crippen LogP contribution in [0.25, 0.3) is 0 Å². The number of benzene rings is 1. The van der Waals surface area contributed by atoms with E-state index in [1.165, 1.54) is 11.1 Å². The molecule has 1 aromatic rings. The summed E-state index contributed by atoms with van der Waals surface area (Å²) in [5, 5.41) is 4.41. The van der Waals surface area contributed by atoms with Crippen molar-refractivity contribution in [2.75, 3.05) is 13.7 Å². The van der Waals surface area contributed by atoms with Crippen LogP contribution in [0.2, 0.25) is 5.02 Å². The summed E-state index contributed by atoms with van der Waals surface area (Å²) in [5.41, 5.74) is 2.69. The third-order valence-electron chi connectivity index (χ3n) is 3.47. The van der Waals surface area contributed by atoms with Gasteiger partial charge in [-0.25, -0.2) is 0 Å². The lowest BCUT2D eigenvalue weighted by Gasteiger charge is -2.25. The Morgan fingerprint density at radius 3 is 2.76 bits per heavy atom. The minimum atomic E-state index is -0.105. The summed E-state index contributed by atoms with van der Waals surface area (Å²) >= 11 is 6.00. The van der Waals surface area contributed by atoms with Crippen molar-refractivity contribution < 1.29 is 4.74 Å². The zero-order chi connectivity index (χ0) is 12.5. The maximum atomic E-state index is 6.00. The third kappa shape index (κ3) is 3.21. The first-order valence-electron chi connectivity index (χ1n) is 6.06. The molecule has 0 amide bonds.